The van der Waals surface area contributed by atoms with Gasteiger partial charge in [0.2, 0.25) is 0 Å². The zero-order valence-corrected chi connectivity index (χ0v) is 9.09. The largest absolute Gasteiger partial charge is 0.384 e. The van der Waals surface area contributed by atoms with Gasteiger partial charge in [-0.05, 0) is 24.3 Å². The summed E-state index contributed by atoms with van der Waals surface area (Å²) in [6, 6.07) is 3.57. The Morgan fingerprint density at radius 3 is 3.20 bits per heavy atom. The van der Waals surface area contributed by atoms with Crippen LogP contribution in [-0.2, 0) is 0 Å². The lowest BCUT2D eigenvalue weighted by atomic mass is 10.2. The first-order valence-corrected chi connectivity index (χ1v) is 6.01. The zero-order valence-electron chi connectivity index (χ0n) is 8.27. The van der Waals surface area contributed by atoms with Crippen LogP contribution < -0.4 is 11.1 Å². The van der Waals surface area contributed by atoms with E-state index in [4.69, 9.17) is 5.73 Å². The number of nitrogens with one attached hydrogen (secondary N) is 1. The molecule has 1 aromatic rings. The molecule has 1 amide bonds. The van der Waals surface area contributed by atoms with E-state index in [0.29, 0.717) is 17.4 Å². The maximum Gasteiger partial charge on any atom is 0.251 e. The van der Waals surface area contributed by atoms with Gasteiger partial charge in [0.25, 0.3) is 5.91 Å². The second-order valence-corrected chi connectivity index (χ2v) is 4.65. The predicted molar refractivity (Wildman–Crippen MR) is 61.8 cm³/mol. The first kappa shape index (κ1) is 10.3. The number of hydrogen-bond acceptors (Lipinski definition) is 4. The van der Waals surface area contributed by atoms with Crippen LogP contribution in [0.5, 0.6) is 0 Å². The number of rotatable bonds is 2. The quantitative estimate of drug-likeness (QED) is 0.781. The Balaban J connectivity index is 2.01. The summed E-state index contributed by atoms with van der Waals surface area (Å²) < 4.78 is 0. The molecular formula is C10H13N3OS. The number of nitrogen functional groups attached to an aromatic ring is 1. The summed E-state index contributed by atoms with van der Waals surface area (Å²) in [5, 5.41) is 2.98. The normalized spacial score (nSPS) is 20.1. The van der Waals surface area contributed by atoms with Gasteiger partial charge in [0.15, 0.2) is 0 Å². The molecule has 0 spiro atoms. The minimum atomic E-state index is -0.0587. The van der Waals surface area contributed by atoms with Gasteiger partial charge < -0.3 is 11.1 Å². The molecule has 4 nitrogen and oxygen atoms in total. The van der Waals surface area contributed by atoms with Gasteiger partial charge in [0.05, 0.1) is 0 Å². The van der Waals surface area contributed by atoms with Gasteiger partial charge in [-0.2, -0.15) is 11.8 Å². The molecule has 3 N–H and O–H groups in total. The van der Waals surface area contributed by atoms with Crippen molar-refractivity contribution in [3.05, 3.63) is 23.9 Å². The number of carbonyl (C=O) groups excluding carboxylic acids is 1. The third-order valence-electron chi connectivity index (χ3n) is 2.31. The molecule has 1 aromatic heterocycles. The van der Waals surface area contributed by atoms with Gasteiger partial charge in [0, 0.05) is 23.6 Å². The van der Waals surface area contributed by atoms with Gasteiger partial charge in [0.1, 0.15) is 5.82 Å². The van der Waals surface area contributed by atoms with Crippen molar-refractivity contribution < 1.29 is 4.79 Å². The minimum Gasteiger partial charge on any atom is -0.384 e. The highest BCUT2D eigenvalue weighted by Gasteiger charge is 2.18. The van der Waals surface area contributed by atoms with Crippen molar-refractivity contribution in [3.8, 4) is 0 Å². The standard InChI is InChI=1S/C10H13N3OS/c11-9-5-7(1-3-12-9)10(14)13-8-2-4-15-6-8/h1,3,5,8H,2,4,6H2,(H2,11,12)(H,13,14). The van der Waals surface area contributed by atoms with Crippen LogP contribution in [0.25, 0.3) is 0 Å². The molecule has 0 aromatic carbocycles. The summed E-state index contributed by atoms with van der Waals surface area (Å²) in [7, 11) is 0. The van der Waals surface area contributed by atoms with Crippen LogP contribution in [0.1, 0.15) is 16.8 Å². The van der Waals surface area contributed by atoms with Gasteiger partial charge in [-0.1, -0.05) is 0 Å². The van der Waals surface area contributed by atoms with E-state index in [0.717, 1.165) is 17.9 Å². The van der Waals surface area contributed by atoms with E-state index in [1.54, 1.807) is 18.3 Å². The summed E-state index contributed by atoms with van der Waals surface area (Å²) in [6.07, 6.45) is 2.60. The number of amides is 1. The summed E-state index contributed by atoms with van der Waals surface area (Å²) in [6.45, 7) is 0. The van der Waals surface area contributed by atoms with Gasteiger partial charge in [-0.15, -0.1) is 0 Å². The van der Waals surface area contributed by atoms with Gasteiger partial charge in [-0.25, -0.2) is 4.98 Å². The molecule has 0 radical (unpaired) electrons. The second-order valence-electron chi connectivity index (χ2n) is 3.50. The highest BCUT2D eigenvalue weighted by molar-refractivity contribution is 7.99. The number of aromatic nitrogens is 1. The Hall–Kier alpha value is -1.23. The van der Waals surface area contributed by atoms with Crippen molar-refractivity contribution in [2.45, 2.75) is 12.5 Å². The second kappa shape index (κ2) is 4.53. The van der Waals surface area contributed by atoms with Crippen LogP contribution >= 0.6 is 11.8 Å². The van der Waals surface area contributed by atoms with E-state index >= 15 is 0 Å². The van der Waals surface area contributed by atoms with Crippen LogP contribution in [-0.4, -0.2) is 28.4 Å². The summed E-state index contributed by atoms with van der Waals surface area (Å²) >= 11 is 1.87. The number of hydrogen-bond donors (Lipinski definition) is 2. The molecule has 2 rings (SSSR count). The van der Waals surface area contributed by atoms with Crippen LogP contribution in [0.3, 0.4) is 0 Å². The van der Waals surface area contributed by atoms with Gasteiger partial charge >= 0.3 is 0 Å². The molecule has 1 fully saturated rings. The van der Waals surface area contributed by atoms with E-state index in [-0.39, 0.29) is 5.91 Å². The van der Waals surface area contributed by atoms with Crippen molar-refractivity contribution in [2.24, 2.45) is 0 Å². The molecule has 0 aliphatic carbocycles. The summed E-state index contributed by atoms with van der Waals surface area (Å²) in [5.74, 6) is 2.45. The third kappa shape index (κ3) is 2.62. The molecular weight excluding hydrogens is 210 g/mol. The SMILES string of the molecule is Nc1cc(C(=O)NC2CCSC2)ccn1. The predicted octanol–water partition coefficient (Wildman–Crippen LogP) is 0.899. The number of anilines is 1. The van der Waals surface area contributed by atoms with Crippen LogP contribution in [0, 0.1) is 0 Å². The minimum absolute atomic E-state index is 0.0587. The van der Waals surface area contributed by atoms with E-state index in [9.17, 15) is 4.79 Å². The molecule has 0 bridgehead atoms. The number of thioether (sulfide) groups is 1. The number of carbonyl (C=O) groups is 1. The van der Waals surface area contributed by atoms with Crippen molar-refractivity contribution in [2.75, 3.05) is 17.2 Å². The Bertz CT molecular complexity index is 363. The lowest BCUT2D eigenvalue weighted by Gasteiger charge is -2.10. The molecule has 15 heavy (non-hydrogen) atoms. The fraction of sp³-hybridized carbons (Fsp3) is 0.400. The van der Waals surface area contributed by atoms with E-state index < -0.39 is 0 Å². The summed E-state index contributed by atoms with van der Waals surface area (Å²) in [5.41, 5.74) is 6.09. The lowest BCUT2D eigenvalue weighted by Crippen LogP contribution is -2.34. The van der Waals surface area contributed by atoms with Crippen molar-refractivity contribution >= 4 is 23.5 Å². The monoisotopic (exact) mass is 223 g/mol. The lowest BCUT2D eigenvalue weighted by molar-refractivity contribution is 0.0941. The molecule has 1 aliphatic rings. The topological polar surface area (TPSA) is 68.0 Å². The Morgan fingerprint density at radius 2 is 2.53 bits per heavy atom. The smallest absolute Gasteiger partial charge is 0.251 e. The van der Waals surface area contributed by atoms with Crippen LogP contribution in [0.15, 0.2) is 18.3 Å². The zero-order chi connectivity index (χ0) is 10.7. The fourth-order valence-corrected chi connectivity index (χ4v) is 2.66. The van der Waals surface area contributed by atoms with Crippen LogP contribution in [0.2, 0.25) is 0 Å². The number of nitrogens with zero attached hydrogens (tertiary/aromatic N) is 1. The third-order valence-corrected chi connectivity index (χ3v) is 3.47. The molecule has 80 valence electrons. The van der Waals surface area contributed by atoms with E-state index in [1.165, 1.54) is 0 Å². The van der Waals surface area contributed by atoms with Crippen molar-refractivity contribution in [1.29, 1.82) is 0 Å². The van der Waals surface area contributed by atoms with Crippen molar-refractivity contribution in [1.82, 2.24) is 10.3 Å². The Kier molecular flexibility index (Phi) is 3.11. The average Bonchev–Trinajstić information content (AvgIpc) is 2.70. The van der Waals surface area contributed by atoms with E-state index in [2.05, 4.69) is 10.3 Å². The molecule has 1 saturated heterocycles. The van der Waals surface area contributed by atoms with Crippen LogP contribution in [0.4, 0.5) is 5.82 Å². The Labute approximate surface area is 92.6 Å². The highest BCUT2D eigenvalue weighted by Crippen LogP contribution is 2.17. The Morgan fingerprint density at radius 1 is 1.67 bits per heavy atom. The molecule has 1 unspecified atom stereocenters. The molecule has 0 saturated carbocycles. The number of nitrogens with two attached hydrogens (primary N) is 1. The molecule has 1 atom stereocenters. The first-order valence-electron chi connectivity index (χ1n) is 4.86. The maximum atomic E-state index is 11.7. The number of pyridine rings is 1. The molecule has 1 aliphatic heterocycles. The average molecular weight is 223 g/mol. The van der Waals surface area contributed by atoms with Gasteiger partial charge in [-0.3, -0.25) is 4.79 Å². The highest BCUT2D eigenvalue weighted by atomic mass is 32.2. The van der Waals surface area contributed by atoms with E-state index in [1.807, 2.05) is 11.8 Å². The molecule has 2 heterocycles. The fourth-order valence-electron chi connectivity index (χ4n) is 1.51. The first-order chi connectivity index (χ1) is 7.25. The summed E-state index contributed by atoms with van der Waals surface area (Å²) in [4.78, 5) is 15.6. The molecule has 5 heteroatoms. The van der Waals surface area contributed by atoms with Crippen molar-refractivity contribution in [3.63, 3.8) is 0 Å². The maximum absolute atomic E-state index is 11.7.